The zero-order valence-electron chi connectivity index (χ0n) is 16.6. The molecule has 2 rings (SSSR count). The normalized spacial score (nSPS) is 11.5. The Balaban J connectivity index is 1.90. The number of nitrogens with zero attached hydrogens (tertiary/aromatic N) is 1. The highest BCUT2D eigenvalue weighted by molar-refractivity contribution is 5.31. The summed E-state index contributed by atoms with van der Waals surface area (Å²) in [5, 5.41) is 0. The summed E-state index contributed by atoms with van der Waals surface area (Å²) in [6.07, 6.45) is 3.93. The SMILES string of the molecule is CN(C/C=C/C#CC(C)(C)C)Cc1ccc(F)c(OCc2ccccc2)c1. The Labute approximate surface area is 162 Å². The summed E-state index contributed by atoms with van der Waals surface area (Å²) < 4.78 is 19.7. The summed E-state index contributed by atoms with van der Waals surface area (Å²) in [6.45, 7) is 8.10. The third-order valence-corrected chi connectivity index (χ3v) is 3.75. The molecule has 0 aliphatic rings. The fraction of sp³-hybridized carbons (Fsp3) is 0.333. The second-order valence-electron chi connectivity index (χ2n) is 7.66. The van der Waals surface area contributed by atoms with Gasteiger partial charge in [-0.1, -0.05) is 54.3 Å². The molecular formula is C24H28FNO. The van der Waals surface area contributed by atoms with Crippen molar-refractivity contribution in [2.24, 2.45) is 5.41 Å². The van der Waals surface area contributed by atoms with Crippen LogP contribution < -0.4 is 4.74 Å². The summed E-state index contributed by atoms with van der Waals surface area (Å²) >= 11 is 0. The first kappa shape index (κ1) is 20.7. The molecule has 142 valence electrons. The van der Waals surface area contributed by atoms with Gasteiger partial charge in [-0.2, -0.15) is 0 Å². The van der Waals surface area contributed by atoms with E-state index in [1.165, 1.54) is 6.07 Å². The summed E-state index contributed by atoms with van der Waals surface area (Å²) in [4.78, 5) is 2.14. The molecule has 0 spiro atoms. The summed E-state index contributed by atoms with van der Waals surface area (Å²) in [6, 6.07) is 14.8. The minimum atomic E-state index is -0.338. The quantitative estimate of drug-likeness (QED) is 0.606. The molecule has 2 nitrogen and oxygen atoms in total. The van der Waals surface area contributed by atoms with Crippen LogP contribution in [0.5, 0.6) is 5.75 Å². The molecule has 3 heteroatoms. The van der Waals surface area contributed by atoms with Crippen molar-refractivity contribution < 1.29 is 9.13 Å². The molecular weight excluding hydrogens is 337 g/mol. The van der Waals surface area contributed by atoms with Crippen molar-refractivity contribution in [2.45, 2.75) is 33.9 Å². The van der Waals surface area contributed by atoms with Gasteiger partial charge in [0.15, 0.2) is 11.6 Å². The average molecular weight is 365 g/mol. The molecule has 0 saturated heterocycles. The van der Waals surface area contributed by atoms with Crippen molar-refractivity contribution in [1.82, 2.24) is 4.90 Å². The van der Waals surface area contributed by atoms with Crippen molar-refractivity contribution in [3.05, 3.63) is 77.6 Å². The number of allylic oxidation sites excluding steroid dienone is 1. The van der Waals surface area contributed by atoms with Crippen LogP contribution in [0.25, 0.3) is 0 Å². The van der Waals surface area contributed by atoms with Gasteiger partial charge in [0, 0.05) is 18.5 Å². The van der Waals surface area contributed by atoms with Gasteiger partial charge in [-0.3, -0.25) is 4.90 Å². The monoisotopic (exact) mass is 365 g/mol. The van der Waals surface area contributed by atoms with Crippen LogP contribution in [-0.4, -0.2) is 18.5 Å². The van der Waals surface area contributed by atoms with E-state index in [9.17, 15) is 4.39 Å². The molecule has 0 radical (unpaired) electrons. The smallest absolute Gasteiger partial charge is 0.165 e. The maximum absolute atomic E-state index is 14.0. The molecule has 0 aliphatic heterocycles. The second kappa shape index (κ2) is 9.94. The van der Waals surface area contributed by atoms with Crippen molar-refractivity contribution in [2.75, 3.05) is 13.6 Å². The molecule has 0 amide bonds. The number of halogens is 1. The Bertz CT molecular complexity index is 810. The van der Waals surface area contributed by atoms with E-state index >= 15 is 0 Å². The van der Waals surface area contributed by atoms with Gasteiger partial charge in [-0.25, -0.2) is 4.39 Å². The lowest BCUT2D eigenvalue weighted by atomic mass is 9.98. The van der Waals surface area contributed by atoms with E-state index in [0.717, 1.165) is 17.7 Å². The topological polar surface area (TPSA) is 12.5 Å². The zero-order valence-corrected chi connectivity index (χ0v) is 16.6. The Hall–Kier alpha value is -2.57. The Kier molecular flexibility index (Phi) is 7.64. The predicted molar refractivity (Wildman–Crippen MR) is 110 cm³/mol. The Morgan fingerprint density at radius 2 is 1.81 bits per heavy atom. The van der Waals surface area contributed by atoms with Gasteiger partial charge < -0.3 is 4.74 Å². The molecule has 0 saturated carbocycles. The highest BCUT2D eigenvalue weighted by atomic mass is 19.1. The van der Waals surface area contributed by atoms with Gasteiger partial charge in [0.2, 0.25) is 0 Å². The first-order chi connectivity index (χ1) is 12.8. The standard InChI is InChI=1S/C24H28FNO/c1-24(2,3)15-9-6-10-16-26(4)18-21-13-14-22(25)23(17-21)27-19-20-11-7-5-8-12-20/h5-8,10-14,17H,16,18-19H2,1-4H3/b10-6+. The third kappa shape index (κ3) is 8.11. The Morgan fingerprint density at radius 1 is 1.07 bits per heavy atom. The van der Waals surface area contributed by atoms with Crippen LogP contribution in [-0.2, 0) is 13.2 Å². The van der Waals surface area contributed by atoms with E-state index in [-0.39, 0.29) is 17.0 Å². The minimum absolute atomic E-state index is 0.0144. The largest absolute Gasteiger partial charge is 0.486 e. The van der Waals surface area contributed by atoms with Crippen LogP contribution in [0.3, 0.4) is 0 Å². The maximum atomic E-state index is 14.0. The van der Waals surface area contributed by atoms with Crippen LogP contribution in [0.1, 0.15) is 31.9 Å². The number of hydrogen-bond donors (Lipinski definition) is 0. The molecule has 2 aromatic carbocycles. The lowest BCUT2D eigenvalue weighted by molar-refractivity contribution is 0.288. The third-order valence-electron chi connectivity index (χ3n) is 3.75. The van der Waals surface area contributed by atoms with Gasteiger partial charge in [0.05, 0.1) is 0 Å². The molecule has 0 aliphatic carbocycles. The first-order valence-corrected chi connectivity index (χ1v) is 9.15. The van der Waals surface area contributed by atoms with E-state index in [1.54, 1.807) is 12.1 Å². The van der Waals surface area contributed by atoms with E-state index in [2.05, 4.69) is 37.5 Å². The van der Waals surface area contributed by atoms with Gasteiger partial charge in [0.25, 0.3) is 0 Å². The predicted octanol–water partition coefficient (Wildman–Crippen LogP) is 5.44. The average Bonchev–Trinajstić information content (AvgIpc) is 2.62. The minimum Gasteiger partial charge on any atom is -0.486 e. The molecule has 0 unspecified atom stereocenters. The number of rotatable bonds is 7. The lowest BCUT2D eigenvalue weighted by Crippen LogP contribution is -2.17. The molecule has 0 N–H and O–H groups in total. The van der Waals surface area contributed by atoms with Crippen LogP contribution in [0.4, 0.5) is 4.39 Å². The van der Waals surface area contributed by atoms with E-state index in [1.807, 2.05) is 49.5 Å². The van der Waals surface area contributed by atoms with Crippen molar-refractivity contribution in [3.63, 3.8) is 0 Å². The second-order valence-corrected chi connectivity index (χ2v) is 7.66. The molecule has 0 aromatic heterocycles. The fourth-order valence-corrected chi connectivity index (χ4v) is 2.42. The zero-order chi connectivity index (χ0) is 19.7. The number of likely N-dealkylation sites (N-methyl/N-ethyl adjacent to an activating group) is 1. The highest BCUT2D eigenvalue weighted by Crippen LogP contribution is 2.21. The van der Waals surface area contributed by atoms with Crippen molar-refractivity contribution >= 4 is 0 Å². The molecule has 0 bridgehead atoms. The van der Waals surface area contributed by atoms with Crippen molar-refractivity contribution in [1.29, 1.82) is 0 Å². The van der Waals surface area contributed by atoms with E-state index in [4.69, 9.17) is 4.74 Å². The molecule has 2 aromatic rings. The molecule has 27 heavy (non-hydrogen) atoms. The number of ether oxygens (including phenoxy) is 1. The summed E-state index contributed by atoms with van der Waals surface area (Å²) in [7, 11) is 2.02. The van der Waals surface area contributed by atoms with Crippen LogP contribution in [0, 0.1) is 23.1 Å². The lowest BCUT2D eigenvalue weighted by Gasteiger charge is -2.15. The summed E-state index contributed by atoms with van der Waals surface area (Å²) in [5.74, 6) is 6.19. The Morgan fingerprint density at radius 3 is 2.52 bits per heavy atom. The van der Waals surface area contributed by atoms with Gasteiger partial charge in [0.1, 0.15) is 6.61 Å². The molecule has 0 fully saturated rings. The van der Waals surface area contributed by atoms with E-state index < -0.39 is 0 Å². The van der Waals surface area contributed by atoms with Crippen LogP contribution in [0.2, 0.25) is 0 Å². The van der Waals surface area contributed by atoms with E-state index in [0.29, 0.717) is 13.2 Å². The van der Waals surface area contributed by atoms with Gasteiger partial charge >= 0.3 is 0 Å². The summed E-state index contributed by atoms with van der Waals surface area (Å²) in [5.41, 5.74) is 2.04. The van der Waals surface area contributed by atoms with Gasteiger partial charge in [-0.15, -0.1) is 0 Å². The first-order valence-electron chi connectivity index (χ1n) is 9.15. The van der Waals surface area contributed by atoms with Crippen LogP contribution >= 0.6 is 0 Å². The number of hydrogen-bond acceptors (Lipinski definition) is 2. The van der Waals surface area contributed by atoms with Crippen LogP contribution in [0.15, 0.2) is 60.7 Å². The maximum Gasteiger partial charge on any atom is 0.165 e. The van der Waals surface area contributed by atoms with Gasteiger partial charge in [-0.05, 0) is 57.2 Å². The molecule has 0 heterocycles. The highest BCUT2D eigenvalue weighted by Gasteiger charge is 2.07. The molecule has 0 atom stereocenters. The van der Waals surface area contributed by atoms with Crippen molar-refractivity contribution in [3.8, 4) is 17.6 Å². The fourth-order valence-electron chi connectivity index (χ4n) is 2.42. The number of benzene rings is 2.